The third-order valence-corrected chi connectivity index (χ3v) is 6.73. The van der Waals surface area contributed by atoms with E-state index in [0.29, 0.717) is 40.0 Å². The molecule has 9 heteroatoms. The van der Waals surface area contributed by atoms with Crippen LogP contribution in [-0.4, -0.2) is 37.2 Å². The summed E-state index contributed by atoms with van der Waals surface area (Å²) in [5, 5.41) is 0.827. The molecule has 0 atom stereocenters. The standard InChI is InChI=1S/C32H25N5O4/c1-36-31(26-10-6-7-16-33-26)30(32(39)37(36)22-8-4-3-5-9-22)28(38)18-21-11-12-24(20-35-21)41-29-15-17-34-27-19-23(40-2)13-14-25(27)29/h3-17,19-20H,18H2,1-2H3. The van der Waals surface area contributed by atoms with Crippen LogP contribution in [0.1, 0.15) is 16.1 Å². The molecular weight excluding hydrogens is 518 g/mol. The molecule has 0 N–H and O–H groups in total. The van der Waals surface area contributed by atoms with Crippen molar-refractivity contribution in [3.8, 4) is 34.3 Å². The number of aromatic nitrogens is 5. The minimum absolute atomic E-state index is 0.0634. The second-order valence-electron chi connectivity index (χ2n) is 9.29. The number of methoxy groups -OCH3 is 1. The van der Waals surface area contributed by atoms with Crippen LogP contribution in [0.4, 0.5) is 0 Å². The van der Waals surface area contributed by atoms with Crippen LogP contribution in [0.15, 0.2) is 108 Å². The zero-order valence-corrected chi connectivity index (χ0v) is 22.4. The van der Waals surface area contributed by atoms with Crippen molar-refractivity contribution in [1.29, 1.82) is 0 Å². The molecule has 4 heterocycles. The fourth-order valence-corrected chi connectivity index (χ4v) is 4.79. The van der Waals surface area contributed by atoms with Gasteiger partial charge in [0, 0.05) is 36.6 Å². The predicted octanol–water partition coefficient (Wildman–Crippen LogP) is 5.41. The number of carbonyl (C=O) groups excluding carboxylic acids is 1. The molecule has 2 aromatic carbocycles. The molecule has 0 unspecified atom stereocenters. The Kier molecular flexibility index (Phi) is 6.83. The van der Waals surface area contributed by atoms with Crippen LogP contribution in [0.3, 0.4) is 0 Å². The van der Waals surface area contributed by atoms with Crippen molar-refractivity contribution in [2.24, 2.45) is 7.05 Å². The highest BCUT2D eigenvalue weighted by atomic mass is 16.5. The summed E-state index contributed by atoms with van der Waals surface area (Å²) in [6, 6.07) is 25.4. The summed E-state index contributed by atoms with van der Waals surface area (Å²) in [6.07, 6.45) is 4.80. The second kappa shape index (κ2) is 10.9. The fourth-order valence-electron chi connectivity index (χ4n) is 4.79. The van der Waals surface area contributed by atoms with Crippen molar-refractivity contribution in [3.63, 3.8) is 0 Å². The average Bonchev–Trinajstić information content (AvgIpc) is 3.28. The third kappa shape index (κ3) is 4.96. The van der Waals surface area contributed by atoms with Crippen LogP contribution in [0.2, 0.25) is 0 Å². The topological polar surface area (TPSA) is 101 Å². The van der Waals surface area contributed by atoms with E-state index in [0.717, 1.165) is 10.9 Å². The van der Waals surface area contributed by atoms with Gasteiger partial charge in [-0.05, 0) is 54.6 Å². The van der Waals surface area contributed by atoms with Crippen LogP contribution in [0.25, 0.3) is 28.0 Å². The van der Waals surface area contributed by atoms with E-state index in [1.165, 1.54) is 4.68 Å². The van der Waals surface area contributed by atoms with Crippen LogP contribution in [0, 0.1) is 0 Å². The Balaban J connectivity index is 1.29. The number of ether oxygens (including phenoxy) is 2. The number of ketones is 1. The van der Waals surface area contributed by atoms with Gasteiger partial charge >= 0.3 is 0 Å². The van der Waals surface area contributed by atoms with E-state index < -0.39 is 5.56 Å². The highest BCUT2D eigenvalue weighted by Gasteiger charge is 2.26. The first-order chi connectivity index (χ1) is 20.0. The number of hydrogen-bond donors (Lipinski definition) is 0. The van der Waals surface area contributed by atoms with E-state index in [1.807, 2.05) is 54.6 Å². The zero-order chi connectivity index (χ0) is 28.3. The van der Waals surface area contributed by atoms with Crippen molar-refractivity contribution in [2.45, 2.75) is 6.42 Å². The van der Waals surface area contributed by atoms with E-state index in [4.69, 9.17) is 9.47 Å². The molecule has 0 fully saturated rings. The maximum absolute atomic E-state index is 13.7. The molecule has 0 radical (unpaired) electrons. The number of rotatable bonds is 8. The van der Waals surface area contributed by atoms with Crippen LogP contribution >= 0.6 is 0 Å². The average molecular weight is 544 g/mol. The van der Waals surface area contributed by atoms with Gasteiger partial charge in [-0.15, -0.1) is 0 Å². The molecule has 0 amide bonds. The molecular formula is C32H25N5O4. The Morgan fingerprint density at radius 1 is 0.854 bits per heavy atom. The van der Waals surface area contributed by atoms with Gasteiger partial charge in [0.25, 0.3) is 5.56 Å². The van der Waals surface area contributed by atoms with Crippen molar-refractivity contribution in [3.05, 3.63) is 125 Å². The Labute approximate surface area is 235 Å². The first-order valence-electron chi connectivity index (χ1n) is 12.9. The lowest BCUT2D eigenvalue weighted by molar-refractivity contribution is 0.0991. The Hall–Kier alpha value is -5.57. The molecule has 4 aromatic heterocycles. The van der Waals surface area contributed by atoms with E-state index in [-0.39, 0.29) is 17.8 Å². The Morgan fingerprint density at radius 3 is 2.39 bits per heavy atom. The number of carbonyl (C=O) groups is 1. The monoisotopic (exact) mass is 543 g/mol. The van der Waals surface area contributed by atoms with E-state index in [9.17, 15) is 9.59 Å². The highest BCUT2D eigenvalue weighted by Crippen LogP contribution is 2.31. The SMILES string of the molecule is COc1ccc2c(Oc3ccc(CC(=O)c4c(-c5ccccn5)n(C)n(-c5ccccc5)c4=O)nc3)ccnc2c1. The van der Waals surface area contributed by atoms with Gasteiger partial charge < -0.3 is 9.47 Å². The molecule has 6 rings (SSSR count). The van der Waals surface area contributed by atoms with Crippen LogP contribution < -0.4 is 15.0 Å². The van der Waals surface area contributed by atoms with E-state index >= 15 is 0 Å². The van der Waals surface area contributed by atoms with Gasteiger partial charge in [-0.1, -0.05) is 24.3 Å². The number of fused-ring (bicyclic) bond motifs is 1. The summed E-state index contributed by atoms with van der Waals surface area (Å²) >= 11 is 0. The predicted molar refractivity (Wildman–Crippen MR) is 155 cm³/mol. The van der Waals surface area contributed by atoms with E-state index in [2.05, 4.69) is 15.0 Å². The Bertz CT molecular complexity index is 1910. The molecule has 0 saturated carbocycles. The van der Waals surface area contributed by atoms with Crippen molar-refractivity contribution in [2.75, 3.05) is 7.11 Å². The lowest BCUT2D eigenvalue weighted by atomic mass is 10.0. The summed E-state index contributed by atoms with van der Waals surface area (Å²) in [4.78, 5) is 40.6. The molecule has 0 aliphatic rings. The lowest BCUT2D eigenvalue weighted by Crippen LogP contribution is -2.23. The van der Waals surface area contributed by atoms with Gasteiger partial charge in [-0.25, -0.2) is 4.68 Å². The number of hydrogen-bond acceptors (Lipinski definition) is 7. The van der Waals surface area contributed by atoms with Crippen LogP contribution in [0.5, 0.6) is 17.2 Å². The lowest BCUT2D eigenvalue weighted by Gasteiger charge is -2.10. The van der Waals surface area contributed by atoms with Gasteiger partial charge in [-0.2, -0.15) is 0 Å². The van der Waals surface area contributed by atoms with E-state index in [1.54, 1.807) is 67.8 Å². The number of Topliss-reactive ketones (excluding diaryl/α,β-unsaturated/α-hetero) is 1. The molecule has 202 valence electrons. The molecule has 41 heavy (non-hydrogen) atoms. The molecule has 9 nitrogen and oxygen atoms in total. The normalized spacial score (nSPS) is 11.0. The van der Waals surface area contributed by atoms with Gasteiger partial charge in [0.15, 0.2) is 5.78 Å². The van der Waals surface area contributed by atoms with Crippen molar-refractivity contribution >= 4 is 16.7 Å². The summed E-state index contributed by atoms with van der Waals surface area (Å²) in [5.41, 5.74) is 2.53. The number of nitrogens with zero attached hydrogens (tertiary/aromatic N) is 5. The largest absolute Gasteiger partial charge is 0.497 e. The minimum Gasteiger partial charge on any atom is -0.497 e. The highest BCUT2D eigenvalue weighted by molar-refractivity contribution is 6.02. The maximum atomic E-state index is 13.7. The van der Waals surface area contributed by atoms with Gasteiger partial charge in [0.2, 0.25) is 0 Å². The third-order valence-electron chi connectivity index (χ3n) is 6.73. The molecule has 0 aliphatic carbocycles. The minimum atomic E-state index is -0.412. The van der Waals surface area contributed by atoms with Crippen LogP contribution in [-0.2, 0) is 13.5 Å². The smallest absolute Gasteiger partial charge is 0.283 e. The summed E-state index contributed by atoms with van der Waals surface area (Å²) in [5.74, 6) is 1.48. The molecule has 0 spiro atoms. The van der Waals surface area contributed by atoms with Gasteiger partial charge in [-0.3, -0.25) is 29.2 Å². The summed E-state index contributed by atoms with van der Waals surface area (Å²) in [6.45, 7) is 0. The first kappa shape index (κ1) is 25.7. The quantitative estimate of drug-likeness (QED) is 0.237. The van der Waals surface area contributed by atoms with Crippen molar-refractivity contribution < 1.29 is 14.3 Å². The fraction of sp³-hybridized carbons (Fsp3) is 0.0938. The van der Waals surface area contributed by atoms with Gasteiger partial charge in [0.1, 0.15) is 22.8 Å². The number of para-hydroxylation sites is 1. The number of pyridine rings is 3. The second-order valence-corrected chi connectivity index (χ2v) is 9.29. The zero-order valence-electron chi connectivity index (χ0n) is 22.4. The van der Waals surface area contributed by atoms with Crippen molar-refractivity contribution in [1.82, 2.24) is 24.3 Å². The maximum Gasteiger partial charge on any atom is 0.283 e. The Morgan fingerprint density at radius 2 is 1.66 bits per heavy atom. The molecule has 0 bridgehead atoms. The first-order valence-corrected chi connectivity index (χ1v) is 12.9. The van der Waals surface area contributed by atoms with Gasteiger partial charge in [0.05, 0.1) is 42.3 Å². The molecule has 0 saturated heterocycles. The number of benzene rings is 2. The summed E-state index contributed by atoms with van der Waals surface area (Å²) in [7, 11) is 3.36. The summed E-state index contributed by atoms with van der Waals surface area (Å²) < 4.78 is 14.5. The molecule has 6 aromatic rings. The molecule has 0 aliphatic heterocycles.